The molecule has 1 aromatic carbocycles. The molecule has 2 aromatic rings. The zero-order valence-electron chi connectivity index (χ0n) is 11.2. The van der Waals surface area contributed by atoms with Gasteiger partial charge in [0.15, 0.2) is 5.82 Å². The van der Waals surface area contributed by atoms with Crippen molar-refractivity contribution in [2.75, 3.05) is 11.9 Å². The van der Waals surface area contributed by atoms with Crippen LogP contribution < -0.4 is 5.32 Å². The molecule has 0 atom stereocenters. The Morgan fingerprint density at radius 2 is 2.05 bits per heavy atom. The first-order chi connectivity index (χ1) is 9.56. The number of nitrogens with zero attached hydrogens (tertiary/aromatic N) is 2. The highest BCUT2D eigenvalue weighted by atomic mass is 127. The summed E-state index contributed by atoms with van der Waals surface area (Å²) in [5.41, 5.74) is 1.57. The number of aromatic nitrogens is 2. The summed E-state index contributed by atoms with van der Waals surface area (Å²) in [6.45, 7) is 4.81. The van der Waals surface area contributed by atoms with E-state index in [1.165, 1.54) is 12.1 Å². The first-order valence-electron chi connectivity index (χ1n) is 6.32. The lowest BCUT2D eigenvalue weighted by molar-refractivity contribution is 0.628. The zero-order chi connectivity index (χ0) is 14.7. The van der Waals surface area contributed by atoms with E-state index in [2.05, 4.69) is 37.9 Å². The van der Waals surface area contributed by atoms with Gasteiger partial charge in [0.25, 0.3) is 0 Å². The van der Waals surface area contributed by atoms with Gasteiger partial charge in [-0.25, -0.2) is 14.4 Å². The molecular formula is C14H14ClFIN3. The number of hydrogen-bond donors (Lipinski definition) is 1. The highest BCUT2D eigenvalue weighted by Crippen LogP contribution is 2.26. The van der Waals surface area contributed by atoms with Gasteiger partial charge in [-0.05, 0) is 54.1 Å². The van der Waals surface area contributed by atoms with Crippen LogP contribution in [-0.2, 0) is 6.42 Å². The Morgan fingerprint density at radius 1 is 1.30 bits per heavy atom. The van der Waals surface area contributed by atoms with Gasteiger partial charge in [0.1, 0.15) is 11.6 Å². The molecule has 106 valence electrons. The molecule has 0 aliphatic rings. The van der Waals surface area contributed by atoms with Gasteiger partial charge < -0.3 is 5.32 Å². The van der Waals surface area contributed by atoms with E-state index in [0.29, 0.717) is 11.4 Å². The molecule has 0 spiro atoms. The minimum Gasteiger partial charge on any atom is -0.369 e. The van der Waals surface area contributed by atoms with Crippen LogP contribution in [0.15, 0.2) is 18.2 Å². The van der Waals surface area contributed by atoms with Crippen molar-refractivity contribution in [1.82, 2.24) is 9.97 Å². The van der Waals surface area contributed by atoms with Crippen LogP contribution in [-0.4, -0.2) is 16.5 Å². The van der Waals surface area contributed by atoms with Crippen molar-refractivity contribution in [1.29, 1.82) is 0 Å². The molecule has 0 saturated carbocycles. The van der Waals surface area contributed by atoms with Gasteiger partial charge in [0, 0.05) is 12.1 Å². The Bertz CT molecular complexity index is 634. The van der Waals surface area contributed by atoms with Crippen LogP contribution in [0.5, 0.6) is 0 Å². The molecule has 20 heavy (non-hydrogen) atoms. The summed E-state index contributed by atoms with van der Waals surface area (Å²) in [5, 5.41) is 3.31. The maximum Gasteiger partial charge on any atom is 0.161 e. The maximum absolute atomic E-state index is 13.6. The summed E-state index contributed by atoms with van der Waals surface area (Å²) in [5.74, 6) is 0.827. The number of anilines is 1. The molecule has 0 aliphatic heterocycles. The Kier molecular flexibility index (Phi) is 5.15. The van der Waals surface area contributed by atoms with Crippen LogP contribution in [0.3, 0.4) is 0 Å². The predicted octanol–water partition coefficient (Wildman–Crippen LogP) is 4.53. The minimum atomic E-state index is -0.464. The van der Waals surface area contributed by atoms with Crippen LogP contribution in [0.25, 0.3) is 11.4 Å². The van der Waals surface area contributed by atoms with Gasteiger partial charge in [-0.3, -0.25) is 0 Å². The Balaban J connectivity index is 2.55. The highest BCUT2D eigenvalue weighted by Gasteiger charge is 2.13. The Morgan fingerprint density at radius 3 is 2.65 bits per heavy atom. The molecule has 0 fully saturated rings. The summed E-state index contributed by atoms with van der Waals surface area (Å²) in [7, 11) is 0. The van der Waals surface area contributed by atoms with Crippen molar-refractivity contribution in [2.45, 2.75) is 20.3 Å². The SMILES string of the molecule is CCNc1nc(-c2ccc(Cl)c(F)c2)nc(CC)c1I. The molecule has 0 amide bonds. The number of halogens is 3. The maximum atomic E-state index is 13.6. The molecular weight excluding hydrogens is 392 g/mol. The summed E-state index contributed by atoms with van der Waals surface area (Å²) >= 11 is 7.93. The molecule has 0 radical (unpaired) electrons. The lowest BCUT2D eigenvalue weighted by atomic mass is 10.2. The molecule has 0 saturated heterocycles. The fourth-order valence-corrected chi connectivity index (χ4v) is 2.71. The first-order valence-corrected chi connectivity index (χ1v) is 7.78. The van der Waals surface area contributed by atoms with Crippen LogP contribution in [0.4, 0.5) is 10.2 Å². The fraction of sp³-hybridized carbons (Fsp3) is 0.286. The smallest absolute Gasteiger partial charge is 0.161 e. The van der Waals surface area contributed by atoms with E-state index in [9.17, 15) is 4.39 Å². The monoisotopic (exact) mass is 405 g/mol. The van der Waals surface area contributed by atoms with E-state index in [1.54, 1.807) is 6.07 Å². The van der Waals surface area contributed by atoms with Crippen molar-refractivity contribution in [3.8, 4) is 11.4 Å². The van der Waals surface area contributed by atoms with Gasteiger partial charge in [0.05, 0.1) is 14.3 Å². The van der Waals surface area contributed by atoms with Gasteiger partial charge >= 0.3 is 0 Å². The molecule has 0 aliphatic carbocycles. The molecule has 3 nitrogen and oxygen atoms in total. The van der Waals surface area contributed by atoms with Crippen LogP contribution in [0, 0.1) is 9.39 Å². The lowest BCUT2D eigenvalue weighted by Crippen LogP contribution is -2.07. The molecule has 6 heteroatoms. The highest BCUT2D eigenvalue weighted by molar-refractivity contribution is 14.1. The number of aryl methyl sites for hydroxylation is 1. The largest absolute Gasteiger partial charge is 0.369 e. The van der Waals surface area contributed by atoms with Crippen LogP contribution in [0.2, 0.25) is 5.02 Å². The third-order valence-electron chi connectivity index (χ3n) is 2.78. The topological polar surface area (TPSA) is 37.8 Å². The third kappa shape index (κ3) is 3.20. The van der Waals surface area contributed by atoms with Gasteiger partial charge in [-0.2, -0.15) is 0 Å². The van der Waals surface area contributed by atoms with Crippen LogP contribution in [0.1, 0.15) is 19.5 Å². The first kappa shape index (κ1) is 15.4. The van der Waals surface area contributed by atoms with Crippen molar-refractivity contribution in [2.24, 2.45) is 0 Å². The fourth-order valence-electron chi connectivity index (χ4n) is 1.78. The lowest BCUT2D eigenvalue weighted by Gasteiger charge is -2.11. The van der Waals surface area contributed by atoms with E-state index in [1.807, 2.05) is 13.8 Å². The van der Waals surface area contributed by atoms with Crippen molar-refractivity contribution in [3.05, 3.63) is 38.3 Å². The number of benzene rings is 1. The molecule has 1 heterocycles. The summed E-state index contributed by atoms with van der Waals surface area (Å²) in [6, 6.07) is 4.61. The number of nitrogens with one attached hydrogen (secondary N) is 1. The molecule has 1 N–H and O–H groups in total. The quantitative estimate of drug-likeness (QED) is 0.759. The number of rotatable bonds is 4. The summed E-state index contributed by atoms with van der Waals surface area (Å²) in [6.07, 6.45) is 0.794. The predicted molar refractivity (Wildman–Crippen MR) is 88.7 cm³/mol. The standard InChI is InChI=1S/C14H14ClFIN3/c1-3-11-12(17)14(18-4-2)20-13(19-11)8-5-6-9(15)10(16)7-8/h5-7H,3-4H2,1-2H3,(H,18,19,20). The third-order valence-corrected chi connectivity index (χ3v) is 4.22. The Labute approximate surface area is 136 Å². The van der Waals surface area contributed by atoms with Gasteiger partial charge in [0.2, 0.25) is 0 Å². The van der Waals surface area contributed by atoms with E-state index in [0.717, 1.165) is 28.0 Å². The molecule has 0 bridgehead atoms. The van der Waals surface area contributed by atoms with E-state index in [-0.39, 0.29) is 5.02 Å². The van der Waals surface area contributed by atoms with Crippen molar-refractivity contribution >= 4 is 40.0 Å². The van der Waals surface area contributed by atoms with E-state index >= 15 is 0 Å². The van der Waals surface area contributed by atoms with Crippen LogP contribution >= 0.6 is 34.2 Å². The van der Waals surface area contributed by atoms with E-state index in [4.69, 9.17) is 11.6 Å². The average molecular weight is 406 g/mol. The summed E-state index contributed by atoms with van der Waals surface area (Å²) < 4.78 is 14.6. The summed E-state index contributed by atoms with van der Waals surface area (Å²) in [4.78, 5) is 8.98. The van der Waals surface area contributed by atoms with Crippen molar-refractivity contribution in [3.63, 3.8) is 0 Å². The second-order valence-electron chi connectivity index (χ2n) is 4.17. The molecule has 1 aromatic heterocycles. The van der Waals surface area contributed by atoms with E-state index < -0.39 is 5.82 Å². The average Bonchev–Trinajstić information content (AvgIpc) is 2.44. The number of hydrogen-bond acceptors (Lipinski definition) is 3. The minimum absolute atomic E-state index is 0.0990. The Hall–Kier alpha value is -0.950. The van der Waals surface area contributed by atoms with Gasteiger partial charge in [-0.1, -0.05) is 18.5 Å². The molecule has 0 unspecified atom stereocenters. The van der Waals surface area contributed by atoms with Gasteiger partial charge in [-0.15, -0.1) is 0 Å². The second kappa shape index (κ2) is 6.67. The second-order valence-corrected chi connectivity index (χ2v) is 5.66. The normalized spacial score (nSPS) is 10.7. The van der Waals surface area contributed by atoms with Crippen molar-refractivity contribution < 1.29 is 4.39 Å². The molecule has 2 rings (SSSR count). The zero-order valence-corrected chi connectivity index (χ0v) is 14.1.